The van der Waals surface area contributed by atoms with Gasteiger partial charge in [0.05, 0.1) is 5.75 Å². The molecule has 1 aliphatic heterocycles. The Morgan fingerprint density at radius 3 is 2.87 bits per heavy atom. The summed E-state index contributed by atoms with van der Waals surface area (Å²) in [6, 6.07) is 0. The Morgan fingerprint density at radius 1 is 1.53 bits per heavy atom. The molecule has 15 heavy (non-hydrogen) atoms. The molecule has 0 aromatic carbocycles. The summed E-state index contributed by atoms with van der Waals surface area (Å²) < 4.78 is 1.32. The van der Waals surface area contributed by atoms with Crippen molar-refractivity contribution >= 4 is 17.7 Å². The number of hydrogen-bond donors (Lipinski definition) is 1. The molecule has 1 aromatic rings. The van der Waals surface area contributed by atoms with Gasteiger partial charge in [0.15, 0.2) is 0 Å². The van der Waals surface area contributed by atoms with Crippen molar-refractivity contribution in [3.05, 3.63) is 6.33 Å². The van der Waals surface area contributed by atoms with Crippen molar-refractivity contribution < 1.29 is 4.79 Å². The normalized spacial score (nSPS) is 15.9. The molecule has 2 heterocycles. The molecule has 0 radical (unpaired) electrons. The number of carbonyl (C=O) groups excluding carboxylic acids is 1. The zero-order valence-corrected chi connectivity index (χ0v) is 9.11. The Bertz CT molecular complexity index is 347. The van der Waals surface area contributed by atoms with Gasteiger partial charge in [0.1, 0.15) is 6.33 Å². The van der Waals surface area contributed by atoms with Crippen LogP contribution in [-0.4, -0.2) is 44.5 Å². The minimum Gasteiger partial charge on any atom is -0.342 e. The number of likely N-dealkylation sites (tertiary alicyclic amines) is 1. The van der Waals surface area contributed by atoms with Gasteiger partial charge >= 0.3 is 0 Å². The number of aromatic nitrogens is 3. The van der Waals surface area contributed by atoms with E-state index in [1.54, 1.807) is 0 Å². The number of thioether (sulfide) groups is 1. The van der Waals surface area contributed by atoms with E-state index >= 15 is 0 Å². The lowest BCUT2D eigenvalue weighted by atomic mass is 10.4. The van der Waals surface area contributed by atoms with Crippen LogP contribution in [0.5, 0.6) is 0 Å². The van der Waals surface area contributed by atoms with Gasteiger partial charge in [0, 0.05) is 13.1 Å². The van der Waals surface area contributed by atoms with Crippen molar-refractivity contribution in [3.8, 4) is 0 Å². The van der Waals surface area contributed by atoms with E-state index in [0.29, 0.717) is 10.9 Å². The fraction of sp³-hybridized carbons (Fsp3) is 0.625. The topological polar surface area (TPSA) is 77.0 Å². The van der Waals surface area contributed by atoms with E-state index in [-0.39, 0.29) is 5.91 Å². The van der Waals surface area contributed by atoms with Crippen LogP contribution in [0.1, 0.15) is 12.8 Å². The second-order valence-electron chi connectivity index (χ2n) is 3.40. The Morgan fingerprint density at radius 2 is 2.27 bits per heavy atom. The van der Waals surface area contributed by atoms with Crippen molar-refractivity contribution in [2.75, 3.05) is 24.7 Å². The van der Waals surface area contributed by atoms with Gasteiger partial charge in [-0.25, -0.2) is 4.68 Å². The highest BCUT2D eigenvalue weighted by atomic mass is 32.2. The third-order valence-corrected chi connectivity index (χ3v) is 3.27. The van der Waals surface area contributed by atoms with Crippen molar-refractivity contribution in [2.24, 2.45) is 0 Å². The molecule has 0 aliphatic carbocycles. The lowest BCUT2D eigenvalue weighted by molar-refractivity contribution is -0.127. The summed E-state index contributed by atoms with van der Waals surface area (Å²) in [5.41, 5.74) is 0. The first-order valence-corrected chi connectivity index (χ1v) is 5.81. The molecule has 0 spiro atoms. The van der Waals surface area contributed by atoms with Gasteiger partial charge in [-0.1, -0.05) is 11.8 Å². The molecule has 0 atom stereocenters. The molecular formula is C8H13N5OS. The molecule has 2 N–H and O–H groups in total. The number of nitrogens with two attached hydrogens (primary N) is 1. The lowest BCUT2D eigenvalue weighted by Gasteiger charge is -2.14. The van der Waals surface area contributed by atoms with Crippen LogP contribution in [0, 0.1) is 0 Å². The highest BCUT2D eigenvalue weighted by Gasteiger charge is 2.18. The van der Waals surface area contributed by atoms with Crippen molar-refractivity contribution in [1.29, 1.82) is 0 Å². The fourth-order valence-electron chi connectivity index (χ4n) is 1.52. The average Bonchev–Trinajstić information content (AvgIpc) is 2.85. The predicted molar refractivity (Wildman–Crippen MR) is 56.7 cm³/mol. The molecule has 0 saturated carbocycles. The first kappa shape index (κ1) is 10.3. The summed E-state index contributed by atoms with van der Waals surface area (Å²) in [5, 5.41) is 8.01. The number of amides is 1. The molecule has 1 aromatic heterocycles. The number of nitrogen functional groups attached to an aromatic ring is 1. The van der Waals surface area contributed by atoms with Crippen molar-refractivity contribution in [3.63, 3.8) is 0 Å². The largest absolute Gasteiger partial charge is 0.342 e. The highest BCUT2D eigenvalue weighted by molar-refractivity contribution is 7.99. The molecule has 82 valence electrons. The summed E-state index contributed by atoms with van der Waals surface area (Å²) >= 11 is 1.32. The third kappa shape index (κ3) is 2.41. The van der Waals surface area contributed by atoms with Crippen LogP contribution < -0.4 is 5.84 Å². The maximum atomic E-state index is 11.7. The molecule has 1 amide bonds. The zero-order valence-electron chi connectivity index (χ0n) is 8.30. The smallest absolute Gasteiger partial charge is 0.233 e. The van der Waals surface area contributed by atoms with Crippen LogP contribution in [0.3, 0.4) is 0 Å². The Balaban J connectivity index is 1.83. The van der Waals surface area contributed by atoms with E-state index in [1.807, 2.05) is 4.90 Å². The van der Waals surface area contributed by atoms with Gasteiger partial charge in [-0.3, -0.25) is 4.79 Å². The Labute approximate surface area is 91.8 Å². The van der Waals surface area contributed by atoms with E-state index < -0.39 is 0 Å². The third-order valence-electron chi connectivity index (χ3n) is 2.32. The summed E-state index contributed by atoms with van der Waals surface area (Å²) in [6.07, 6.45) is 3.65. The summed E-state index contributed by atoms with van der Waals surface area (Å²) in [7, 11) is 0. The van der Waals surface area contributed by atoms with Gasteiger partial charge in [-0.15, -0.1) is 10.2 Å². The van der Waals surface area contributed by atoms with Crippen molar-refractivity contribution in [1.82, 2.24) is 19.8 Å². The maximum Gasteiger partial charge on any atom is 0.233 e. The standard InChI is InChI=1S/C8H13N5OS/c9-13-6-10-11-8(13)15-5-7(14)12-3-1-2-4-12/h6H,1-5,9H2. The van der Waals surface area contributed by atoms with Crippen LogP contribution in [0.2, 0.25) is 0 Å². The first-order chi connectivity index (χ1) is 7.27. The van der Waals surface area contributed by atoms with E-state index in [4.69, 9.17) is 5.84 Å². The molecule has 1 fully saturated rings. The molecule has 1 saturated heterocycles. The fourth-order valence-corrected chi connectivity index (χ4v) is 2.26. The second-order valence-corrected chi connectivity index (χ2v) is 4.34. The van der Waals surface area contributed by atoms with E-state index in [9.17, 15) is 4.79 Å². The Hall–Kier alpha value is -1.24. The maximum absolute atomic E-state index is 11.7. The molecule has 7 heteroatoms. The number of hydrogen-bond acceptors (Lipinski definition) is 5. The van der Waals surface area contributed by atoms with Gasteiger partial charge in [-0.05, 0) is 12.8 Å². The molecule has 2 rings (SSSR count). The minimum atomic E-state index is 0.153. The summed E-state index contributed by atoms with van der Waals surface area (Å²) in [6.45, 7) is 1.77. The van der Waals surface area contributed by atoms with Gasteiger partial charge < -0.3 is 10.7 Å². The quantitative estimate of drug-likeness (QED) is 0.567. The number of carbonyl (C=O) groups is 1. The van der Waals surface area contributed by atoms with Crippen LogP contribution in [0.15, 0.2) is 11.5 Å². The monoisotopic (exact) mass is 227 g/mol. The van der Waals surface area contributed by atoms with E-state index in [0.717, 1.165) is 25.9 Å². The Kier molecular flexibility index (Phi) is 3.10. The first-order valence-electron chi connectivity index (χ1n) is 4.83. The van der Waals surface area contributed by atoms with Crippen LogP contribution >= 0.6 is 11.8 Å². The zero-order chi connectivity index (χ0) is 10.7. The molecule has 0 unspecified atom stereocenters. The highest BCUT2D eigenvalue weighted by Crippen LogP contribution is 2.15. The van der Waals surface area contributed by atoms with Crippen LogP contribution in [-0.2, 0) is 4.79 Å². The number of nitrogens with zero attached hydrogens (tertiary/aromatic N) is 4. The average molecular weight is 227 g/mol. The van der Waals surface area contributed by atoms with Crippen LogP contribution in [0.4, 0.5) is 0 Å². The molecule has 6 nitrogen and oxygen atoms in total. The SMILES string of the molecule is Nn1cnnc1SCC(=O)N1CCCC1. The van der Waals surface area contributed by atoms with Gasteiger partial charge in [0.2, 0.25) is 11.1 Å². The number of rotatable bonds is 3. The second kappa shape index (κ2) is 4.52. The summed E-state index contributed by atoms with van der Waals surface area (Å²) in [4.78, 5) is 13.5. The van der Waals surface area contributed by atoms with Gasteiger partial charge in [0.25, 0.3) is 0 Å². The molecule has 1 aliphatic rings. The molecular weight excluding hydrogens is 214 g/mol. The molecule has 0 bridgehead atoms. The van der Waals surface area contributed by atoms with E-state index in [1.165, 1.54) is 22.8 Å². The lowest BCUT2D eigenvalue weighted by Crippen LogP contribution is -2.29. The summed E-state index contributed by atoms with van der Waals surface area (Å²) in [5.74, 6) is 6.06. The van der Waals surface area contributed by atoms with Crippen LogP contribution in [0.25, 0.3) is 0 Å². The van der Waals surface area contributed by atoms with Gasteiger partial charge in [-0.2, -0.15) is 0 Å². The minimum absolute atomic E-state index is 0.153. The predicted octanol–water partition coefficient (Wildman–Crippen LogP) is -0.294. The van der Waals surface area contributed by atoms with Crippen molar-refractivity contribution in [2.45, 2.75) is 18.0 Å². The van der Waals surface area contributed by atoms with E-state index in [2.05, 4.69) is 10.2 Å².